The van der Waals surface area contributed by atoms with E-state index < -0.39 is 0 Å². The summed E-state index contributed by atoms with van der Waals surface area (Å²) in [5, 5.41) is 12.0. The fourth-order valence-electron chi connectivity index (χ4n) is 1.88. The van der Waals surface area contributed by atoms with Crippen molar-refractivity contribution in [1.29, 1.82) is 0 Å². The lowest BCUT2D eigenvalue weighted by molar-refractivity contribution is 0.0707. The molecule has 0 unspecified atom stereocenters. The fraction of sp³-hybridized carbons (Fsp3) is 0.429. The van der Waals surface area contributed by atoms with Crippen LogP contribution in [-0.2, 0) is 0 Å². The topological polar surface area (TPSA) is 88.2 Å². The molecule has 0 aromatic heterocycles. The number of nitrogens with zero attached hydrogens (tertiary/aromatic N) is 2. The largest absolute Gasteiger partial charge is 0.496 e. The second kappa shape index (κ2) is 7.73. The first-order valence-electron chi connectivity index (χ1n) is 6.51. The van der Waals surface area contributed by atoms with Gasteiger partial charge in [-0.1, -0.05) is 16.8 Å². The minimum atomic E-state index is -0.191. The number of amides is 1. The first-order chi connectivity index (χ1) is 9.90. The summed E-state index contributed by atoms with van der Waals surface area (Å²) in [5.74, 6) is 0.308. The Morgan fingerprint density at radius 3 is 2.71 bits per heavy atom. The highest BCUT2D eigenvalue weighted by Gasteiger charge is 2.22. The van der Waals surface area contributed by atoms with Gasteiger partial charge in [-0.25, -0.2) is 0 Å². The Labute approximate surface area is 129 Å². The molecule has 0 aliphatic carbocycles. The third-order valence-electron chi connectivity index (χ3n) is 3.02. The number of carbonyl (C=O) groups is 1. The van der Waals surface area contributed by atoms with Crippen molar-refractivity contribution in [3.8, 4) is 5.75 Å². The maximum Gasteiger partial charge on any atom is 0.257 e. The number of methoxy groups -OCH3 is 1. The van der Waals surface area contributed by atoms with Crippen molar-refractivity contribution in [3.05, 3.63) is 28.8 Å². The minimum absolute atomic E-state index is 0.0376. The van der Waals surface area contributed by atoms with Gasteiger partial charge < -0.3 is 20.6 Å². The molecule has 6 nitrogen and oxygen atoms in total. The van der Waals surface area contributed by atoms with Gasteiger partial charge in [-0.3, -0.25) is 4.79 Å². The fourth-order valence-corrected chi connectivity index (χ4v) is 2.04. The van der Waals surface area contributed by atoms with E-state index in [1.54, 1.807) is 23.1 Å². The van der Waals surface area contributed by atoms with Gasteiger partial charge in [0.05, 0.1) is 12.7 Å². The molecule has 0 saturated carbocycles. The zero-order valence-corrected chi connectivity index (χ0v) is 13.1. The highest BCUT2D eigenvalue weighted by molar-refractivity contribution is 6.30. The number of amidine groups is 1. The Kier molecular flexibility index (Phi) is 6.30. The van der Waals surface area contributed by atoms with Crippen molar-refractivity contribution in [2.24, 2.45) is 10.9 Å². The van der Waals surface area contributed by atoms with Gasteiger partial charge in [0.25, 0.3) is 5.91 Å². The zero-order chi connectivity index (χ0) is 16.0. The van der Waals surface area contributed by atoms with Crippen LogP contribution in [-0.4, -0.2) is 41.5 Å². The van der Waals surface area contributed by atoms with E-state index in [1.807, 2.05) is 13.8 Å². The molecule has 0 aliphatic rings. The second-order valence-corrected chi connectivity index (χ2v) is 5.21. The lowest BCUT2D eigenvalue weighted by Crippen LogP contribution is -2.39. The van der Waals surface area contributed by atoms with Crippen molar-refractivity contribution >= 4 is 23.3 Å². The number of carbonyl (C=O) groups excluding carboxylic acids is 1. The molecule has 3 N–H and O–H groups in total. The summed E-state index contributed by atoms with van der Waals surface area (Å²) in [6.07, 6.45) is 0.288. The number of benzene rings is 1. The molecule has 1 amide bonds. The van der Waals surface area contributed by atoms with Crippen LogP contribution in [0.3, 0.4) is 0 Å². The minimum Gasteiger partial charge on any atom is -0.496 e. The van der Waals surface area contributed by atoms with Gasteiger partial charge in [-0.15, -0.1) is 0 Å². The molecular weight excluding hydrogens is 294 g/mol. The molecule has 21 heavy (non-hydrogen) atoms. The van der Waals surface area contributed by atoms with E-state index in [2.05, 4.69) is 5.16 Å². The summed E-state index contributed by atoms with van der Waals surface area (Å²) in [6.45, 7) is 4.14. The van der Waals surface area contributed by atoms with E-state index in [-0.39, 0.29) is 24.2 Å². The Morgan fingerprint density at radius 2 is 2.19 bits per heavy atom. The van der Waals surface area contributed by atoms with E-state index in [1.165, 1.54) is 7.11 Å². The van der Waals surface area contributed by atoms with Gasteiger partial charge in [0.2, 0.25) is 0 Å². The molecule has 1 aromatic rings. The average Bonchev–Trinajstić information content (AvgIpc) is 2.46. The van der Waals surface area contributed by atoms with E-state index in [0.717, 1.165) is 0 Å². The predicted octanol–water partition coefficient (Wildman–Crippen LogP) is 2.34. The summed E-state index contributed by atoms with van der Waals surface area (Å²) < 4.78 is 5.20. The van der Waals surface area contributed by atoms with Crippen LogP contribution in [0.15, 0.2) is 23.4 Å². The molecule has 0 atom stereocenters. The molecule has 0 radical (unpaired) electrons. The van der Waals surface area contributed by atoms with Crippen molar-refractivity contribution in [2.45, 2.75) is 26.3 Å². The summed E-state index contributed by atoms with van der Waals surface area (Å²) in [4.78, 5) is 14.3. The lowest BCUT2D eigenvalue weighted by Gasteiger charge is -2.27. The third kappa shape index (κ3) is 4.53. The molecule has 1 rings (SSSR count). The van der Waals surface area contributed by atoms with Crippen LogP contribution >= 0.6 is 11.6 Å². The van der Waals surface area contributed by atoms with Gasteiger partial charge in [0.15, 0.2) is 0 Å². The maximum absolute atomic E-state index is 12.6. The van der Waals surface area contributed by atoms with Crippen LogP contribution in [0.4, 0.5) is 0 Å². The van der Waals surface area contributed by atoms with E-state index in [4.69, 9.17) is 27.3 Å². The SMILES string of the molecule is COc1cc(Cl)ccc1C(=O)N(CCC(N)=NO)C(C)C. The molecule has 116 valence electrons. The molecule has 0 bridgehead atoms. The number of hydrogen-bond acceptors (Lipinski definition) is 4. The van der Waals surface area contributed by atoms with Gasteiger partial charge in [0.1, 0.15) is 11.6 Å². The van der Waals surface area contributed by atoms with Crippen LogP contribution < -0.4 is 10.5 Å². The lowest BCUT2D eigenvalue weighted by atomic mass is 10.1. The highest BCUT2D eigenvalue weighted by Crippen LogP contribution is 2.25. The maximum atomic E-state index is 12.6. The van der Waals surface area contributed by atoms with Crippen LogP contribution in [0.2, 0.25) is 5.02 Å². The molecule has 0 aliphatic heterocycles. The van der Waals surface area contributed by atoms with Crippen molar-refractivity contribution in [3.63, 3.8) is 0 Å². The van der Waals surface area contributed by atoms with Gasteiger partial charge in [-0.2, -0.15) is 0 Å². The van der Waals surface area contributed by atoms with Crippen LogP contribution in [0.1, 0.15) is 30.6 Å². The summed E-state index contributed by atoms with van der Waals surface area (Å²) in [6, 6.07) is 4.82. The second-order valence-electron chi connectivity index (χ2n) is 4.78. The first kappa shape index (κ1) is 17.1. The van der Waals surface area contributed by atoms with E-state index in [9.17, 15) is 4.79 Å². The summed E-state index contributed by atoms with van der Waals surface area (Å²) >= 11 is 5.90. The molecule has 0 spiro atoms. The first-order valence-corrected chi connectivity index (χ1v) is 6.89. The molecule has 0 heterocycles. The Hall–Kier alpha value is -1.95. The van der Waals surface area contributed by atoms with Gasteiger partial charge >= 0.3 is 0 Å². The van der Waals surface area contributed by atoms with Gasteiger partial charge in [-0.05, 0) is 32.0 Å². The molecule has 0 fully saturated rings. The Balaban J connectivity index is 3.01. The number of ether oxygens (including phenoxy) is 1. The predicted molar refractivity (Wildman–Crippen MR) is 82.2 cm³/mol. The third-order valence-corrected chi connectivity index (χ3v) is 3.25. The van der Waals surface area contributed by atoms with Crippen molar-refractivity contribution < 1.29 is 14.7 Å². The molecule has 1 aromatic carbocycles. The highest BCUT2D eigenvalue weighted by atomic mass is 35.5. The Morgan fingerprint density at radius 1 is 1.52 bits per heavy atom. The number of hydrogen-bond donors (Lipinski definition) is 2. The quantitative estimate of drug-likeness (QED) is 0.365. The standard InChI is InChI=1S/C14H20ClN3O3/c1-9(2)18(7-6-13(16)17-20)14(19)11-5-4-10(15)8-12(11)21-3/h4-5,8-9,20H,6-7H2,1-3H3,(H2,16,17). The monoisotopic (exact) mass is 313 g/mol. The number of oxime groups is 1. The van der Waals surface area contributed by atoms with Gasteiger partial charge in [0, 0.05) is 24.0 Å². The van der Waals surface area contributed by atoms with Crippen LogP contribution in [0.25, 0.3) is 0 Å². The zero-order valence-electron chi connectivity index (χ0n) is 12.3. The van der Waals surface area contributed by atoms with E-state index >= 15 is 0 Å². The normalized spacial score (nSPS) is 11.6. The van der Waals surface area contributed by atoms with E-state index in [0.29, 0.717) is 22.9 Å². The molecular formula is C14H20ClN3O3. The number of halogens is 1. The molecule has 0 saturated heterocycles. The smallest absolute Gasteiger partial charge is 0.257 e. The van der Waals surface area contributed by atoms with Crippen LogP contribution in [0.5, 0.6) is 5.75 Å². The number of rotatable bonds is 6. The van der Waals surface area contributed by atoms with Crippen LogP contribution in [0, 0.1) is 0 Å². The molecule has 7 heteroatoms. The Bertz CT molecular complexity index is 532. The number of nitrogens with two attached hydrogens (primary N) is 1. The summed E-state index contributed by atoms with van der Waals surface area (Å²) in [5.41, 5.74) is 5.88. The summed E-state index contributed by atoms with van der Waals surface area (Å²) in [7, 11) is 1.48. The average molecular weight is 314 g/mol. The van der Waals surface area contributed by atoms with Crippen molar-refractivity contribution in [1.82, 2.24) is 4.90 Å². The van der Waals surface area contributed by atoms with Crippen molar-refractivity contribution in [2.75, 3.05) is 13.7 Å².